The van der Waals surface area contributed by atoms with Crippen LogP contribution < -0.4 is 14.4 Å². The van der Waals surface area contributed by atoms with Crippen LogP contribution in [0.5, 0.6) is 11.5 Å². The second kappa shape index (κ2) is 16.1. The van der Waals surface area contributed by atoms with Crippen molar-refractivity contribution < 1.29 is 33.0 Å². The number of carbonyl (C=O) groups is 3. The third-order valence-corrected chi connectivity index (χ3v) is 9.27. The summed E-state index contributed by atoms with van der Waals surface area (Å²) in [5.74, 6) is -0.953. The lowest BCUT2D eigenvalue weighted by molar-refractivity contribution is -0.125. The number of benzene rings is 4. The van der Waals surface area contributed by atoms with Crippen molar-refractivity contribution in [3.05, 3.63) is 150 Å². The minimum absolute atomic E-state index is 0.00724. The number of hydrogen-bond donors (Lipinski definition) is 0. The van der Waals surface area contributed by atoms with E-state index in [1.54, 1.807) is 40.2 Å². The fourth-order valence-corrected chi connectivity index (χ4v) is 6.98. The molecule has 2 aliphatic heterocycles. The van der Waals surface area contributed by atoms with Crippen molar-refractivity contribution in [2.45, 2.75) is 38.5 Å². The Hall–Kier alpha value is -5.74. The lowest BCUT2D eigenvalue weighted by Crippen LogP contribution is -2.57. The SMILES string of the molecule is C=CCOC[C@@H]1[C@@H](N(Cc2ccccc2)C(=O)c2ccccc2)c2cc3c(cc2N1C(=O)[C@H](C(C)C)N(CC=C)C(=O)c1ccc(F)cc1)OCO3. The van der Waals surface area contributed by atoms with Gasteiger partial charge in [-0.15, -0.1) is 13.2 Å². The molecule has 0 saturated carbocycles. The van der Waals surface area contributed by atoms with Crippen LogP contribution >= 0.6 is 0 Å². The van der Waals surface area contributed by atoms with Gasteiger partial charge < -0.3 is 28.9 Å². The molecule has 3 atom stereocenters. The molecule has 2 aliphatic rings. The van der Waals surface area contributed by atoms with Crippen LogP contribution in [0.4, 0.5) is 10.1 Å². The first kappa shape index (κ1) is 36.1. The molecule has 4 aromatic rings. The van der Waals surface area contributed by atoms with Crippen LogP contribution in [-0.2, 0) is 16.1 Å². The Morgan fingerprint density at radius 3 is 2.15 bits per heavy atom. The Labute approximate surface area is 303 Å². The van der Waals surface area contributed by atoms with E-state index >= 15 is 4.79 Å². The molecule has 0 radical (unpaired) electrons. The van der Waals surface area contributed by atoms with Crippen LogP contribution in [0.25, 0.3) is 0 Å². The zero-order chi connectivity index (χ0) is 36.8. The van der Waals surface area contributed by atoms with Crippen molar-refractivity contribution in [1.82, 2.24) is 9.80 Å². The highest BCUT2D eigenvalue weighted by atomic mass is 19.1. The molecule has 10 heteroatoms. The molecule has 4 aromatic carbocycles. The third-order valence-electron chi connectivity index (χ3n) is 9.27. The fraction of sp³-hybridized carbons (Fsp3) is 0.262. The average molecular weight is 704 g/mol. The maximum atomic E-state index is 15.4. The summed E-state index contributed by atoms with van der Waals surface area (Å²) in [7, 11) is 0. The number of carbonyl (C=O) groups excluding carboxylic acids is 3. The largest absolute Gasteiger partial charge is 0.454 e. The van der Waals surface area contributed by atoms with E-state index in [1.807, 2.05) is 68.4 Å². The predicted molar refractivity (Wildman–Crippen MR) is 197 cm³/mol. The van der Waals surface area contributed by atoms with Gasteiger partial charge in [0, 0.05) is 35.8 Å². The highest BCUT2D eigenvalue weighted by molar-refractivity contribution is 6.05. The van der Waals surface area contributed by atoms with Gasteiger partial charge >= 0.3 is 0 Å². The van der Waals surface area contributed by atoms with Gasteiger partial charge in [0.25, 0.3) is 17.7 Å². The Bertz CT molecular complexity index is 1920. The van der Waals surface area contributed by atoms with Crippen molar-refractivity contribution in [2.24, 2.45) is 5.92 Å². The number of fused-ring (bicyclic) bond motifs is 2. The van der Waals surface area contributed by atoms with Crippen molar-refractivity contribution in [2.75, 3.05) is 31.5 Å². The highest BCUT2D eigenvalue weighted by Crippen LogP contribution is 2.50. The molecule has 268 valence electrons. The van der Waals surface area contributed by atoms with Crippen LogP contribution in [0.1, 0.15) is 51.7 Å². The zero-order valence-electron chi connectivity index (χ0n) is 29.3. The number of anilines is 1. The zero-order valence-corrected chi connectivity index (χ0v) is 29.3. The van der Waals surface area contributed by atoms with Crippen molar-refractivity contribution in [3.63, 3.8) is 0 Å². The molecule has 0 aromatic heterocycles. The lowest BCUT2D eigenvalue weighted by Gasteiger charge is -2.40. The summed E-state index contributed by atoms with van der Waals surface area (Å²) < 4.78 is 31.6. The van der Waals surface area contributed by atoms with Gasteiger partial charge in [-0.25, -0.2) is 4.39 Å². The van der Waals surface area contributed by atoms with Gasteiger partial charge in [-0.1, -0.05) is 74.5 Å². The Balaban J connectivity index is 1.51. The van der Waals surface area contributed by atoms with Gasteiger partial charge in [0.2, 0.25) is 6.79 Å². The molecular weight excluding hydrogens is 661 g/mol. The summed E-state index contributed by atoms with van der Waals surface area (Å²) in [4.78, 5) is 49.0. The molecule has 0 N–H and O–H groups in total. The average Bonchev–Trinajstić information content (AvgIpc) is 3.74. The molecule has 9 nitrogen and oxygen atoms in total. The van der Waals surface area contributed by atoms with Gasteiger partial charge in [-0.2, -0.15) is 0 Å². The highest BCUT2D eigenvalue weighted by Gasteiger charge is 2.50. The molecule has 52 heavy (non-hydrogen) atoms. The second-order valence-corrected chi connectivity index (χ2v) is 13.0. The van der Waals surface area contributed by atoms with Crippen LogP contribution in [0.2, 0.25) is 0 Å². The number of amides is 3. The van der Waals surface area contributed by atoms with Gasteiger partial charge in [0.05, 0.1) is 31.0 Å². The van der Waals surface area contributed by atoms with Crippen molar-refractivity contribution in [1.29, 1.82) is 0 Å². The molecule has 0 saturated heterocycles. The Morgan fingerprint density at radius 2 is 1.52 bits per heavy atom. The minimum Gasteiger partial charge on any atom is -0.454 e. The maximum absolute atomic E-state index is 15.4. The molecule has 3 amide bonds. The molecule has 0 unspecified atom stereocenters. The number of nitrogens with zero attached hydrogens (tertiary/aromatic N) is 3. The molecule has 0 fully saturated rings. The van der Waals surface area contributed by atoms with Gasteiger partial charge in [-0.05, 0) is 53.9 Å². The van der Waals surface area contributed by atoms with Gasteiger partial charge in [0.15, 0.2) is 11.5 Å². The van der Waals surface area contributed by atoms with Gasteiger partial charge in [0.1, 0.15) is 11.9 Å². The van der Waals surface area contributed by atoms with Crippen molar-refractivity contribution >= 4 is 23.4 Å². The third kappa shape index (κ3) is 7.34. The van der Waals surface area contributed by atoms with E-state index in [2.05, 4.69) is 13.2 Å². The first-order chi connectivity index (χ1) is 25.2. The first-order valence-electron chi connectivity index (χ1n) is 17.3. The minimum atomic E-state index is -0.984. The van der Waals surface area contributed by atoms with E-state index < -0.39 is 29.8 Å². The van der Waals surface area contributed by atoms with Crippen LogP contribution in [0, 0.1) is 11.7 Å². The summed E-state index contributed by atoms with van der Waals surface area (Å²) in [6.45, 7) is 11.9. The van der Waals surface area contributed by atoms with E-state index in [9.17, 15) is 14.0 Å². The monoisotopic (exact) mass is 703 g/mol. The fourth-order valence-electron chi connectivity index (χ4n) is 6.98. The van der Waals surface area contributed by atoms with E-state index in [1.165, 1.54) is 29.2 Å². The Kier molecular flexibility index (Phi) is 11.2. The summed E-state index contributed by atoms with van der Waals surface area (Å²) in [5.41, 5.74) is 2.81. The quantitative estimate of drug-likeness (QED) is 0.102. The van der Waals surface area contributed by atoms with Crippen molar-refractivity contribution in [3.8, 4) is 11.5 Å². The molecule has 2 heterocycles. The van der Waals surface area contributed by atoms with Gasteiger partial charge in [-0.3, -0.25) is 14.4 Å². The van der Waals surface area contributed by atoms with Crippen LogP contribution in [-0.4, -0.2) is 66.2 Å². The number of hydrogen-bond acceptors (Lipinski definition) is 6. The molecule has 0 bridgehead atoms. The Morgan fingerprint density at radius 1 is 0.885 bits per heavy atom. The summed E-state index contributed by atoms with van der Waals surface area (Å²) in [5, 5.41) is 0. The number of halogens is 1. The smallest absolute Gasteiger partial charge is 0.254 e. The molecular formula is C42H42FN3O6. The lowest BCUT2D eigenvalue weighted by atomic mass is 9.97. The van der Waals surface area contributed by atoms with E-state index in [-0.39, 0.29) is 56.4 Å². The molecule has 6 rings (SSSR count). The maximum Gasteiger partial charge on any atom is 0.254 e. The van der Waals surface area contributed by atoms with E-state index in [4.69, 9.17) is 14.2 Å². The van der Waals surface area contributed by atoms with Crippen LogP contribution in [0.3, 0.4) is 0 Å². The number of ether oxygens (including phenoxy) is 3. The molecule has 0 aliphatic carbocycles. The summed E-state index contributed by atoms with van der Waals surface area (Å²) >= 11 is 0. The topological polar surface area (TPSA) is 88.6 Å². The van der Waals surface area contributed by atoms with E-state index in [0.29, 0.717) is 28.3 Å². The predicted octanol–water partition coefficient (Wildman–Crippen LogP) is 7.21. The van der Waals surface area contributed by atoms with Crippen LogP contribution in [0.15, 0.2) is 122 Å². The standard InChI is InChI=1S/C42H42FN3O6/c1-5-21-44(40(47)31-17-19-32(43)20-18-31)38(28(3)4)42(49)46-34-24-37-36(51-27-52-37)23-33(34)39(35(46)26-50-22-6-2)45(25-29-13-9-7-10-14-29)41(48)30-15-11-8-12-16-30/h5-20,23-24,28,35,38-39H,1-2,21-22,25-27H2,3-4H3/t35-,38+,39+/m1/s1. The second-order valence-electron chi connectivity index (χ2n) is 13.0. The van der Waals surface area contributed by atoms with E-state index in [0.717, 1.165) is 5.56 Å². The molecule has 0 spiro atoms. The first-order valence-corrected chi connectivity index (χ1v) is 17.3. The summed E-state index contributed by atoms with van der Waals surface area (Å²) in [6.07, 6.45) is 3.19. The summed E-state index contributed by atoms with van der Waals surface area (Å²) in [6, 6.07) is 25.1. The normalized spacial score (nSPS) is 16.3. The number of rotatable bonds is 14.